The van der Waals surface area contributed by atoms with Crippen LogP contribution in [0.25, 0.3) is 11.0 Å². The minimum atomic E-state index is -0.0972. The number of nitrogens with zero attached hydrogens (tertiary/aromatic N) is 2. The van der Waals surface area contributed by atoms with Gasteiger partial charge < -0.3 is 9.99 Å². The van der Waals surface area contributed by atoms with Gasteiger partial charge in [0.05, 0.1) is 11.0 Å². The Hall–Kier alpha value is -1.47. The van der Waals surface area contributed by atoms with Crippen LogP contribution in [0.15, 0.2) is 47.3 Å². The number of H-pyrrole nitrogens is 1. The third-order valence-corrected chi connectivity index (χ3v) is 5.67. The third-order valence-electron chi connectivity index (χ3n) is 4.72. The van der Waals surface area contributed by atoms with Crippen LogP contribution >= 0.6 is 34.2 Å². The minimum absolute atomic E-state index is 0.0972. The Balaban J connectivity index is 1.57. The van der Waals surface area contributed by atoms with Crippen molar-refractivity contribution in [3.63, 3.8) is 0 Å². The Morgan fingerprint density at radius 3 is 2.50 bits per heavy atom. The molecule has 1 aliphatic heterocycles. The second-order valence-corrected chi connectivity index (χ2v) is 7.86. The van der Waals surface area contributed by atoms with E-state index in [9.17, 15) is 4.79 Å². The summed E-state index contributed by atoms with van der Waals surface area (Å²) >= 11 is 8.35. The van der Waals surface area contributed by atoms with Gasteiger partial charge in [0.15, 0.2) is 0 Å². The number of imidazole rings is 1. The fourth-order valence-electron chi connectivity index (χ4n) is 3.49. The van der Waals surface area contributed by atoms with Crippen LogP contribution in [0, 0.1) is 3.57 Å². The lowest BCUT2D eigenvalue weighted by atomic mass is 9.90. The van der Waals surface area contributed by atoms with Gasteiger partial charge in [-0.1, -0.05) is 23.7 Å². The van der Waals surface area contributed by atoms with Gasteiger partial charge in [0.2, 0.25) is 0 Å². The number of hydrogen-bond acceptors (Lipinski definition) is 2. The van der Waals surface area contributed by atoms with Crippen molar-refractivity contribution in [2.75, 3.05) is 18.1 Å². The molecule has 0 amide bonds. The van der Waals surface area contributed by atoms with E-state index in [4.69, 9.17) is 11.6 Å². The van der Waals surface area contributed by atoms with Crippen LogP contribution in [0.5, 0.6) is 0 Å². The van der Waals surface area contributed by atoms with Crippen LogP contribution in [-0.4, -0.2) is 22.7 Å². The first-order valence-corrected chi connectivity index (χ1v) is 9.48. The number of rotatable bonds is 2. The number of nitrogens with one attached hydrogen (secondary N) is 1. The number of piperidine rings is 1. The Morgan fingerprint density at radius 1 is 1.08 bits per heavy atom. The van der Waals surface area contributed by atoms with Crippen molar-refractivity contribution >= 4 is 45.2 Å². The standard InChI is InChI=1S/C18H17ClIN3O/c19-14-3-6-17-16(11-14)21-18(24)23(17)22-9-7-13(8-10-22)12-1-4-15(20)5-2-12/h1-6,11,13H,7-10H2,(H,21,24). The Kier molecular flexibility index (Phi) is 4.30. The maximum Gasteiger partial charge on any atom is 0.345 e. The molecule has 0 unspecified atom stereocenters. The molecule has 1 N–H and O–H groups in total. The average molecular weight is 454 g/mol. The molecule has 2 aromatic carbocycles. The van der Waals surface area contributed by atoms with Gasteiger partial charge >= 0.3 is 5.69 Å². The molecule has 0 saturated carbocycles. The zero-order valence-electron chi connectivity index (χ0n) is 13.0. The molecule has 0 spiro atoms. The van der Waals surface area contributed by atoms with Crippen molar-refractivity contribution < 1.29 is 0 Å². The van der Waals surface area contributed by atoms with Crippen LogP contribution < -0.4 is 10.7 Å². The van der Waals surface area contributed by atoms with Gasteiger partial charge in [0.1, 0.15) is 0 Å². The summed E-state index contributed by atoms with van der Waals surface area (Å²) in [6.45, 7) is 1.73. The highest BCUT2D eigenvalue weighted by Gasteiger charge is 2.23. The molecule has 1 aromatic heterocycles. The maximum absolute atomic E-state index is 12.4. The first kappa shape index (κ1) is 16.0. The van der Waals surface area contributed by atoms with Gasteiger partial charge in [-0.15, -0.1) is 0 Å². The maximum atomic E-state index is 12.4. The van der Waals surface area contributed by atoms with E-state index in [1.165, 1.54) is 9.13 Å². The third kappa shape index (κ3) is 2.95. The zero-order valence-corrected chi connectivity index (χ0v) is 15.9. The van der Waals surface area contributed by atoms with E-state index in [1.807, 2.05) is 12.1 Å². The lowest BCUT2D eigenvalue weighted by Crippen LogP contribution is -2.45. The lowest BCUT2D eigenvalue weighted by Gasteiger charge is -2.34. The molecule has 1 aliphatic rings. The highest BCUT2D eigenvalue weighted by atomic mass is 127. The number of benzene rings is 2. The van der Waals surface area contributed by atoms with Crippen molar-refractivity contribution in [2.45, 2.75) is 18.8 Å². The van der Waals surface area contributed by atoms with E-state index < -0.39 is 0 Å². The number of halogens is 2. The molecule has 2 heterocycles. The molecule has 3 aromatic rings. The van der Waals surface area contributed by atoms with E-state index in [1.54, 1.807) is 10.7 Å². The van der Waals surface area contributed by atoms with Crippen LogP contribution in [0.4, 0.5) is 0 Å². The summed E-state index contributed by atoms with van der Waals surface area (Å²) in [4.78, 5) is 15.3. The largest absolute Gasteiger partial charge is 0.345 e. The van der Waals surface area contributed by atoms with Gasteiger partial charge in [0, 0.05) is 21.7 Å². The first-order valence-electron chi connectivity index (χ1n) is 8.03. The second-order valence-electron chi connectivity index (χ2n) is 6.18. The van der Waals surface area contributed by atoms with Crippen molar-refractivity contribution in [1.82, 2.24) is 9.66 Å². The minimum Gasteiger partial charge on any atom is -0.308 e. The molecular formula is C18H17ClIN3O. The summed E-state index contributed by atoms with van der Waals surface area (Å²) in [7, 11) is 0. The lowest BCUT2D eigenvalue weighted by molar-refractivity contribution is 0.434. The summed E-state index contributed by atoms with van der Waals surface area (Å²) in [5.41, 5.74) is 2.97. The van der Waals surface area contributed by atoms with Gasteiger partial charge in [-0.3, -0.25) is 0 Å². The monoisotopic (exact) mass is 453 g/mol. The molecule has 4 nitrogen and oxygen atoms in total. The van der Waals surface area contributed by atoms with E-state index in [-0.39, 0.29) is 5.69 Å². The smallest absolute Gasteiger partial charge is 0.308 e. The molecule has 1 saturated heterocycles. The molecule has 24 heavy (non-hydrogen) atoms. The molecule has 0 aliphatic carbocycles. The van der Waals surface area contributed by atoms with E-state index >= 15 is 0 Å². The number of hydrogen-bond donors (Lipinski definition) is 1. The van der Waals surface area contributed by atoms with Crippen LogP contribution in [0.3, 0.4) is 0 Å². The molecule has 1 fully saturated rings. The number of aromatic nitrogens is 2. The summed E-state index contributed by atoms with van der Waals surface area (Å²) in [5, 5.41) is 2.77. The highest BCUT2D eigenvalue weighted by Crippen LogP contribution is 2.28. The Bertz CT molecular complexity index is 924. The fourth-order valence-corrected chi connectivity index (χ4v) is 4.02. The van der Waals surface area contributed by atoms with Crippen molar-refractivity contribution in [3.8, 4) is 0 Å². The topological polar surface area (TPSA) is 41.0 Å². The van der Waals surface area contributed by atoms with E-state index in [2.05, 4.69) is 56.8 Å². The predicted molar refractivity (Wildman–Crippen MR) is 107 cm³/mol. The average Bonchev–Trinajstić information content (AvgIpc) is 2.90. The summed E-state index contributed by atoms with van der Waals surface area (Å²) in [6, 6.07) is 14.3. The van der Waals surface area contributed by atoms with Crippen LogP contribution in [0.1, 0.15) is 24.3 Å². The van der Waals surface area contributed by atoms with Crippen LogP contribution in [-0.2, 0) is 0 Å². The molecule has 124 valence electrons. The number of fused-ring (bicyclic) bond motifs is 1. The molecule has 6 heteroatoms. The Labute approximate surface area is 158 Å². The van der Waals surface area contributed by atoms with Crippen molar-refractivity contribution in [2.24, 2.45) is 0 Å². The predicted octanol–water partition coefficient (Wildman–Crippen LogP) is 4.10. The fraction of sp³-hybridized carbons (Fsp3) is 0.278. The first-order chi connectivity index (χ1) is 11.6. The van der Waals surface area contributed by atoms with Crippen molar-refractivity contribution in [1.29, 1.82) is 0 Å². The second kappa shape index (κ2) is 6.44. The van der Waals surface area contributed by atoms with Crippen molar-refractivity contribution in [3.05, 3.63) is 67.1 Å². The molecule has 0 bridgehead atoms. The summed E-state index contributed by atoms with van der Waals surface area (Å²) in [6.07, 6.45) is 2.10. The molecule has 0 radical (unpaired) electrons. The number of aromatic amines is 1. The highest BCUT2D eigenvalue weighted by molar-refractivity contribution is 14.1. The summed E-state index contributed by atoms with van der Waals surface area (Å²) < 4.78 is 3.02. The summed E-state index contributed by atoms with van der Waals surface area (Å²) in [5.74, 6) is 0.564. The van der Waals surface area contributed by atoms with Crippen LogP contribution in [0.2, 0.25) is 5.02 Å². The zero-order chi connectivity index (χ0) is 16.7. The molecule has 0 atom stereocenters. The molecular weight excluding hydrogens is 437 g/mol. The van der Waals surface area contributed by atoms with Gasteiger partial charge in [0.25, 0.3) is 0 Å². The van der Waals surface area contributed by atoms with E-state index in [0.29, 0.717) is 10.9 Å². The van der Waals surface area contributed by atoms with Gasteiger partial charge in [-0.05, 0) is 77.2 Å². The molecule has 4 rings (SSSR count). The quantitative estimate of drug-likeness (QED) is 0.594. The Morgan fingerprint density at radius 2 is 1.79 bits per heavy atom. The van der Waals surface area contributed by atoms with Gasteiger partial charge in [-0.2, -0.15) is 0 Å². The SMILES string of the molecule is O=c1[nH]c2cc(Cl)ccc2n1N1CCC(c2ccc(I)cc2)CC1. The normalized spacial score (nSPS) is 16.0. The van der Waals surface area contributed by atoms with Gasteiger partial charge in [-0.25, -0.2) is 9.47 Å². The van der Waals surface area contributed by atoms with E-state index in [0.717, 1.165) is 37.0 Å².